The smallest absolute Gasteiger partial charge is 0.255 e. The number of piperidine rings is 1. The van der Waals surface area contributed by atoms with Gasteiger partial charge < -0.3 is 19.4 Å². The summed E-state index contributed by atoms with van der Waals surface area (Å²) in [5.41, 5.74) is 3.72. The molecule has 6 heterocycles. The van der Waals surface area contributed by atoms with Crippen LogP contribution in [0.3, 0.4) is 0 Å². The summed E-state index contributed by atoms with van der Waals surface area (Å²) in [6, 6.07) is 10.8. The van der Waals surface area contributed by atoms with Gasteiger partial charge in [-0.1, -0.05) is 0 Å². The average molecular weight is 777 g/mol. The van der Waals surface area contributed by atoms with Crippen LogP contribution in [-0.2, 0) is 16.1 Å². The first-order chi connectivity index (χ1) is 27.7. The van der Waals surface area contributed by atoms with Crippen LogP contribution < -0.4 is 19.9 Å². The molecule has 4 aliphatic heterocycles. The Morgan fingerprint density at radius 1 is 0.877 bits per heavy atom. The lowest BCUT2D eigenvalue weighted by Crippen LogP contribution is -2.52. The molecular formula is C42H49FN10O4. The van der Waals surface area contributed by atoms with E-state index in [2.05, 4.69) is 64.1 Å². The fourth-order valence-corrected chi connectivity index (χ4v) is 9.54. The van der Waals surface area contributed by atoms with Crippen molar-refractivity contribution in [3.05, 3.63) is 59.7 Å². The summed E-state index contributed by atoms with van der Waals surface area (Å²) in [6.45, 7) is 11.5. The highest BCUT2D eigenvalue weighted by Crippen LogP contribution is 2.41. The molecule has 4 aromatic rings. The van der Waals surface area contributed by atoms with E-state index >= 15 is 4.39 Å². The van der Waals surface area contributed by atoms with E-state index in [9.17, 15) is 14.4 Å². The Balaban J connectivity index is 0.671. The molecule has 1 atom stereocenters. The van der Waals surface area contributed by atoms with Crippen LogP contribution in [0.15, 0.2) is 42.7 Å². The molecule has 2 N–H and O–H groups in total. The summed E-state index contributed by atoms with van der Waals surface area (Å²) >= 11 is 0. The van der Waals surface area contributed by atoms with Crippen LogP contribution in [0.25, 0.3) is 22.3 Å². The van der Waals surface area contributed by atoms with Gasteiger partial charge in [0.1, 0.15) is 29.5 Å². The molecule has 2 aromatic carbocycles. The molecule has 298 valence electrons. The van der Waals surface area contributed by atoms with Crippen molar-refractivity contribution in [2.45, 2.75) is 63.6 Å². The lowest BCUT2D eigenvalue weighted by atomic mass is 9.74. The average Bonchev–Trinajstić information content (AvgIpc) is 3.61. The molecule has 0 radical (unpaired) electrons. The number of aromatic amines is 1. The maximum atomic E-state index is 15.9. The van der Waals surface area contributed by atoms with Crippen LogP contribution in [0.4, 0.5) is 15.9 Å². The van der Waals surface area contributed by atoms with Gasteiger partial charge in [-0.25, -0.2) is 14.4 Å². The van der Waals surface area contributed by atoms with E-state index in [4.69, 9.17) is 4.74 Å². The van der Waals surface area contributed by atoms with E-state index in [0.717, 1.165) is 118 Å². The highest BCUT2D eigenvalue weighted by Gasteiger charge is 2.42. The third-order valence-corrected chi connectivity index (χ3v) is 13.2. The van der Waals surface area contributed by atoms with Gasteiger partial charge in [-0.2, -0.15) is 5.10 Å². The number of nitrogens with zero attached hydrogens (tertiary/aromatic N) is 8. The lowest BCUT2D eigenvalue weighted by Gasteiger charge is -2.44. The predicted molar refractivity (Wildman–Crippen MR) is 211 cm³/mol. The van der Waals surface area contributed by atoms with Crippen LogP contribution in [0.5, 0.6) is 5.75 Å². The molecule has 2 aromatic heterocycles. The number of carbonyl (C=O) groups excluding carboxylic acids is 3. The van der Waals surface area contributed by atoms with E-state index in [0.29, 0.717) is 22.7 Å². The van der Waals surface area contributed by atoms with Crippen molar-refractivity contribution < 1.29 is 23.5 Å². The Labute approximate surface area is 330 Å². The third-order valence-electron chi connectivity index (χ3n) is 13.2. The monoisotopic (exact) mass is 776 g/mol. The van der Waals surface area contributed by atoms with Gasteiger partial charge >= 0.3 is 0 Å². The second-order valence-electron chi connectivity index (χ2n) is 17.2. The maximum Gasteiger partial charge on any atom is 0.255 e. The molecule has 0 spiro atoms. The number of nitrogens with one attached hydrogen (secondary N) is 2. The number of H-pyrrole nitrogens is 1. The van der Waals surface area contributed by atoms with E-state index in [1.54, 1.807) is 18.5 Å². The predicted octanol–water partition coefficient (Wildman–Crippen LogP) is 3.82. The quantitative estimate of drug-likeness (QED) is 0.227. The van der Waals surface area contributed by atoms with Gasteiger partial charge in [-0.15, -0.1) is 0 Å². The summed E-state index contributed by atoms with van der Waals surface area (Å²) in [4.78, 5) is 57.4. The second-order valence-corrected chi connectivity index (χ2v) is 17.2. The van der Waals surface area contributed by atoms with E-state index in [1.165, 1.54) is 17.7 Å². The van der Waals surface area contributed by atoms with Crippen molar-refractivity contribution in [3.63, 3.8) is 0 Å². The van der Waals surface area contributed by atoms with Crippen molar-refractivity contribution in [3.8, 4) is 17.1 Å². The van der Waals surface area contributed by atoms with Crippen LogP contribution >= 0.6 is 0 Å². The molecule has 2 saturated carbocycles. The summed E-state index contributed by atoms with van der Waals surface area (Å²) in [6.07, 6.45) is 6.74. The fourth-order valence-electron chi connectivity index (χ4n) is 9.54. The van der Waals surface area contributed by atoms with E-state index < -0.39 is 11.9 Å². The molecule has 3 saturated heterocycles. The van der Waals surface area contributed by atoms with Crippen LogP contribution in [0.1, 0.15) is 61.4 Å². The Morgan fingerprint density at radius 2 is 1.60 bits per heavy atom. The number of piperazine rings is 2. The van der Waals surface area contributed by atoms with Crippen LogP contribution in [0.2, 0.25) is 0 Å². The van der Waals surface area contributed by atoms with Crippen molar-refractivity contribution >= 4 is 40.1 Å². The second kappa shape index (κ2) is 14.3. The van der Waals surface area contributed by atoms with E-state index in [1.807, 2.05) is 12.1 Å². The van der Waals surface area contributed by atoms with Crippen molar-refractivity contribution in [2.24, 2.45) is 11.8 Å². The SMILES string of the molecule is CC1(Oc2ccc3n[nH]c(-c4cc(N5CCN(C[C@H]6C[C@H](CN7CCN(c8ccc9c(c8F)CN(C8CCC(=O)NC8=O)C9=O)CC7)C6)CC5)ncn4)c3c2)CC1. The molecule has 6 aliphatic rings. The number of carbonyl (C=O) groups is 3. The number of fused-ring (bicyclic) bond motifs is 2. The number of halogens is 1. The summed E-state index contributed by atoms with van der Waals surface area (Å²) < 4.78 is 22.1. The normalized spacial score (nSPS) is 25.1. The van der Waals surface area contributed by atoms with Gasteiger partial charge in [0.15, 0.2) is 5.82 Å². The summed E-state index contributed by atoms with van der Waals surface area (Å²) in [7, 11) is 0. The van der Waals surface area contributed by atoms with Crippen molar-refractivity contribution in [1.82, 2.24) is 40.2 Å². The topological polar surface area (TPSA) is 143 Å². The van der Waals surface area contributed by atoms with Gasteiger partial charge in [0.25, 0.3) is 5.91 Å². The number of anilines is 2. The largest absolute Gasteiger partial charge is 0.488 e. The standard InChI is InChI=1S/C42H49FN10O4/c1-42(8-9-42)57-28-2-4-32-30(20-28)39(48-47-32)33-21-36(45-25-44-33)52-16-12-50(13-17-52)23-27-18-26(19-27)22-49-10-14-51(15-11-49)34-5-3-29-31(38(34)43)24-53(41(29)56)35-6-7-37(54)46-40(35)55/h2-5,20-21,25-27,35H,6-19,22-24H2,1H3,(H,47,48)(H,46,54,55)/t26-,27-,35?. The summed E-state index contributed by atoms with van der Waals surface area (Å²) in [5, 5.41) is 11.0. The molecule has 15 heteroatoms. The minimum absolute atomic E-state index is 0.0446. The number of imide groups is 1. The van der Waals surface area contributed by atoms with Crippen LogP contribution in [0, 0.1) is 17.7 Å². The maximum absolute atomic E-state index is 15.9. The molecule has 2 aliphatic carbocycles. The van der Waals surface area contributed by atoms with Crippen LogP contribution in [-0.4, -0.2) is 130 Å². The molecule has 57 heavy (non-hydrogen) atoms. The number of aromatic nitrogens is 4. The number of hydrogen-bond donors (Lipinski definition) is 2. The van der Waals surface area contributed by atoms with Gasteiger partial charge in [-0.05, 0) is 81.2 Å². The molecule has 1 unspecified atom stereocenters. The van der Waals surface area contributed by atoms with Gasteiger partial charge in [0.2, 0.25) is 11.8 Å². The minimum atomic E-state index is -0.754. The van der Waals surface area contributed by atoms with Gasteiger partial charge in [0.05, 0.1) is 29.1 Å². The molecule has 10 rings (SSSR count). The zero-order chi connectivity index (χ0) is 38.8. The Morgan fingerprint density at radius 3 is 2.30 bits per heavy atom. The van der Waals surface area contributed by atoms with E-state index in [-0.39, 0.29) is 42.6 Å². The number of ether oxygens (including phenoxy) is 1. The highest BCUT2D eigenvalue weighted by molar-refractivity contribution is 6.05. The Hall–Kier alpha value is -5.15. The zero-order valence-electron chi connectivity index (χ0n) is 32.4. The van der Waals surface area contributed by atoms with Gasteiger partial charge in [0, 0.05) is 94.4 Å². The Kier molecular flexibility index (Phi) is 9.11. The molecule has 3 amide bonds. The molecule has 5 fully saturated rings. The molecular weight excluding hydrogens is 728 g/mol. The van der Waals surface area contributed by atoms with Crippen molar-refractivity contribution in [2.75, 3.05) is 75.2 Å². The summed E-state index contributed by atoms with van der Waals surface area (Å²) in [5.74, 6) is 1.67. The molecule has 14 nitrogen and oxygen atoms in total. The molecule has 0 bridgehead atoms. The number of rotatable bonds is 10. The number of benzene rings is 2. The number of hydrogen-bond acceptors (Lipinski definition) is 11. The fraction of sp³-hybridized carbons (Fsp3) is 0.524. The first-order valence-corrected chi connectivity index (χ1v) is 20.6. The lowest BCUT2D eigenvalue weighted by molar-refractivity contribution is -0.136. The van der Waals surface area contributed by atoms with Crippen molar-refractivity contribution in [1.29, 1.82) is 0 Å². The zero-order valence-corrected chi connectivity index (χ0v) is 32.4. The first-order valence-electron chi connectivity index (χ1n) is 20.6. The number of amides is 3. The first kappa shape index (κ1) is 36.2. The highest BCUT2D eigenvalue weighted by atomic mass is 19.1. The van der Waals surface area contributed by atoms with Gasteiger partial charge in [-0.3, -0.25) is 34.6 Å². The Bertz CT molecular complexity index is 2220. The third kappa shape index (κ3) is 7.09. The minimum Gasteiger partial charge on any atom is -0.488 e.